The van der Waals surface area contributed by atoms with Gasteiger partial charge in [-0.05, 0) is 47.1 Å². The lowest BCUT2D eigenvalue weighted by molar-refractivity contribution is 0.677. The lowest BCUT2D eigenvalue weighted by Gasteiger charge is -2.09. The topological polar surface area (TPSA) is 29.9 Å². The molecule has 90 valence electrons. The summed E-state index contributed by atoms with van der Waals surface area (Å²) in [6, 6.07) is 8.52. The van der Waals surface area contributed by atoms with Crippen molar-refractivity contribution in [1.29, 1.82) is 0 Å². The third kappa shape index (κ3) is 3.41. The van der Waals surface area contributed by atoms with Crippen molar-refractivity contribution in [3.63, 3.8) is 0 Å². The second-order valence-electron chi connectivity index (χ2n) is 3.98. The second kappa shape index (κ2) is 5.98. The Kier molecular flexibility index (Phi) is 4.34. The third-order valence-corrected chi connectivity index (χ3v) is 3.11. The van der Waals surface area contributed by atoms with Gasteiger partial charge in [-0.3, -0.25) is 4.68 Å². The fourth-order valence-corrected chi connectivity index (χ4v) is 2.14. The van der Waals surface area contributed by atoms with E-state index in [-0.39, 0.29) is 0 Å². The predicted molar refractivity (Wildman–Crippen MR) is 73.1 cm³/mol. The fraction of sp³-hybridized carbons (Fsp3) is 0.308. The maximum Gasteiger partial charge on any atom is 0.0662 e. The number of hydrogen-bond acceptors (Lipinski definition) is 2. The molecule has 1 aromatic carbocycles. The molecular formula is C13H16BrN3. The molecule has 2 rings (SSSR count). The average molecular weight is 294 g/mol. The smallest absolute Gasteiger partial charge is 0.0662 e. The summed E-state index contributed by atoms with van der Waals surface area (Å²) >= 11 is 3.41. The molecular weight excluding hydrogens is 278 g/mol. The molecule has 0 radical (unpaired) electrons. The molecule has 0 saturated carbocycles. The molecule has 0 aliphatic carbocycles. The van der Waals surface area contributed by atoms with Gasteiger partial charge in [-0.25, -0.2) is 0 Å². The van der Waals surface area contributed by atoms with Gasteiger partial charge >= 0.3 is 0 Å². The van der Waals surface area contributed by atoms with Crippen LogP contribution < -0.4 is 5.32 Å². The number of rotatable bonds is 5. The minimum Gasteiger partial charge on any atom is -0.319 e. The quantitative estimate of drug-likeness (QED) is 0.918. The van der Waals surface area contributed by atoms with Gasteiger partial charge < -0.3 is 5.32 Å². The van der Waals surface area contributed by atoms with Gasteiger partial charge in [0.05, 0.1) is 17.2 Å². The maximum absolute atomic E-state index is 4.29. The highest BCUT2D eigenvalue weighted by atomic mass is 79.9. The first-order valence-electron chi connectivity index (χ1n) is 5.69. The molecule has 0 saturated heterocycles. The molecule has 0 atom stereocenters. The molecule has 4 heteroatoms. The second-order valence-corrected chi connectivity index (χ2v) is 4.89. The number of likely N-dealkylation sites (N-methyl/N-ethyl adjacent to an activating group) is 1. The summed E-state index contributed by atoms with van der Waals surface area (Å²) < 4.78 is 2.97. The molecule has 0 amide bonds. The van der Waals surface area contributed by atoms with E-state index in [1.165, 1.54) is 11.1 Å². The first kappa shape index (κ1) is 12.3. The van der Waals surface area contributed by atoms with E-state index in [4.69, 9.17) is 0 Å². The van der Waals surface area contributed by atoms with E-state index in [1.54, 1.807) is 0 Å². The van der Waals surface area contributed by atoms with E-state index >= 15 is 0 Å². The maximum atomic E-state index is 4.29. The van der Waals surface area contributed by atoms with E-state index in [9.17, 15) is 0 Å². The van der Waals surface area contributed by atoms with Crippen molar-refractivity contribution < 1.29 is 0 Å². The first-order valence-corrected chi connectivity index (χ1v) is 6.48. The van der Waals surface area contributed by atoms with E-state index in [0.29, 0.717) is 0 Å². The van der Waals surface area contributed by atoms with Crippen LogP contribution in [0.25, 0.3) is 0 Å². The molecule has 3 nitrogen and oxygen atoms in total. The van der Waals surface area contributed by atoms with E-state index in [1.807, 2.05) is 24.1 Å². The van der Waals surface area contributed by atoms with Crippen LogP contribution in [-0.2, 0) is 13.0 Å². The van der Waals surface area contributed by atoms with Crippen LogP contribution in [0, 0.1) is 0 Å². The zero-order chi connectivity index (χ0) is 12.1. The van der Waals surface area contributed by atoms with Crippen LogP contribution in [0.2, 0.25) is 0 Å². The molecule has 1 N–H and O–H groups in total. The van der Waals surface area contributed by atoms with Crippen LogP contribution in [0.4, 0.5) is 0 Å². The summed E-state index contributed by atoms with van der Waals surface area (Å²) in [7, 11) is 1.98. The Bertz CT molecular complexity index is 479. The van der Waals surface area contributed by atoms with Crippen molar-refractivity contribution in [3.05, 3.63) is 52.3 Å². The summed E-state index contributed by atoms with van der Waals surface area (Å²) in [6.45, 7) is 1.82. The van der Waals surface area contributed by atoms with Crippen LogP contribution in [0.3, 0.4) is 0 Å². The molecule has 0 aliphatic heterocycles. The third-order valence-electron chi connectivity index (χ3n) is 2.70. The van der Waals surface area contributed by atoms with Crippen molar-refractivity contribution in [2.45, 2.75) is 13.0 Å². The van der Waals surface area contributed by atoms with E-state index in [2.05, 4.69) is 50.6 Å². The van der Waals surface area contributed by atoms with E-state index in [0.717, 1.165) is 24.0 Å². The van der Waals surface area contributed by atoms with Crippen LogP contribution >= 0.6 is 15.9 Å². The van der Waals surface area contributed by atoms with Gasteiger partial charge in [0.25, 0.3) is 0 Å². The number of hydrogen-bond donors (Lipinski definition) is 1. The van der Waals surface area contributed by atoms with Gasteiger partial charge in [0.2, 0.25) is 0 Å². The predicted octanol–water partition coefficient (Wildman–Crippen LogP) is 2.46. The molecule has 0 bridgehead atoms. The number of halogens is 1. The van der Waals surface area contributed by atoms with Crippen LogP contribution in [0.15, 0.2) is 41.1 Å². The minimum atomic E-state index is 0.825. The summed E-state index contributed by atoms with van der Waals surface area (Å²) in [5.41, 5.74) is 2.71. The zero-order valence-electron chi connectivity index (χ0n) is 9.86. The number of benzene rings is 1. The van der Waals surface area contributed by atoms with Crippen LogP contribution in [0.1, 0.15) is 11.1 Å². The highest BCUT2D eigenvalue weighted by molar-refractivity contribution is 9.10. The van der Waals surface area contributed by atoms with Crippen molar-refractivity contribution in [1.82, 2.24) is 15.1 Å². The van der Waals surface area contributed by atoms with Crippen molar-refractivity contribution in [3.8, 4) is 0 Å². The monoisotopic (exact) mass is 293 g/mol. The Morgan fingerprint density at radius 2 is 2.06 bits per heavy atom. The molecule has 1 aromatic heterocycles. The Balaban J connectivity index is 2.14. The summed E-state index contributed by atoms with van der Waals surface area (Å²) in [4.78, 5) is 0. The molecule has 0 spiro atoms. The molecule has 0 fully saturated rings. The molecule has 1 heterocycles. The summed E-state index contributed by atoms with van der Waals surface area (Å²) in [5.74, 6) is 0. The van der Waals surface area contributed by atoms with Crippen molar-refractivity contribution in [2.75, 3.05) is 13.6 Å². The summed E-state index contributed by atoms with van der Waals surface area (Å²) in [5, 5.41) is 7.47. The van der Waals surface area contributed by atoms with Gasteiger partial charge in [0, 0.05) is 6.20 Å². The van der Waals surface area contributed by atoms with Gasteiger partial charge in [-0.1, -0.05) is 24.3 Å². The average Bonchev–Trinajstić information content (AvgIpc) is 2.74. The Morgan fingerprint density at radius 3 is 2.71 bits per heavy atom. The fourth-order valence-electron chi connectivity index (χ4n) is 1.81. The minimum absolute atomic E-state index is 0.825. The highest BCUT2D eigenvalue weighted by Gasteiger charge is 2.03. The Morgan fingerprint density at radius 1 is 1.29 bits per heavy atom. The normalized spacial score (nSPS) is 10.7. The lowest BCUT2D eigenvalue weighted by Crippen LogP contribution is -2.12. The highest BCUT2D eigenvalue weighted by Crippen LogP contribution is 2.13. The van der Waals surface area contributed by atoms with Crippen molar-refractivity contribution in [2.24, 2.45) is 0 Å². The van der Waals surface area contributed by atoms with Gasteiger partial charge in [0.1, 0.15) is 0 Å². The number of nitrogens with zero attached hydrogens (tertiary/aromatic N) is 2. The standard InChI is InChI=1S/C13H16BrN3/c1-15-7-6-11-4-2-3-5-12(11)9-17-10-13(14)8-16-17/h2-5,8,10,15H,6-7,9H2,1H3. The van der Waals surface area contributed by atoms with E-state index < -0.39 is 0 Å². The Labute approximate surface area is 110 Å². The number of nitrogens with one attached hydrogen (secondary N) is 1. The summed E-state index contributed by atoms with van der Waals surface area (Å²) in [6.07, 6.45) is 4.86. The van der Waals surface area contributed by atoms with Crippen LogP contribution in [0.5, 0.6) is 0 Å². The molecule has 0 unspecified atom stereocenters. The number of aromatic nitrogens is 2. The Hall–Kier alpha value is -1.13. The molecule has 0 aliphatic rings. The van der Waals surface area contributed by atoms with Crippen LogP contribution in [-0.4, -0.2) is 23.4 Å². The van der Waals surface area contributed by atoms with Crippen molar-refractivity contribution >= 4 is 15.9 Å². The molecule has 2 aromatic rings. The zero-order valence-corrected chi connectivity index (χ0v) is 11.4. The first-order chi connectivity index (χ1) is 8.29. The largest absolute Gasteiger partial charge is 0.319 e. The van der Waals surface area contributed by atoms with Gasteiger partial charge in [-0.2, -0.15) is 5.10 Å². The van der Waals surface area contributed by atoms with Gasteiger partial charge in [0.15, 0.2) is 0 Å². The SMILES string of the molecule is CNCCc1ccccc1Cn1cc(Br)cn1. The lowest BCUT2D eigenvalue weighted by atomic mass is 10.0. The molecule has 17 heavy (non-hydrogen) atoms. The van der Waals surface area contributed by atoms with Gasteiger partial charge in [-0.15, -0.1) is 0 Å².